The molecule has 1 N–H and O–H groups in total. The van der Waals surface area contributed by atoms with Crippen molar-refractivity contribution in [2.75, 3.05) is 4.90 Å². The second-order valence-corrected chi connectivity index (χ2v) is 8.99. The summed E-state index contributed by atoms with van der Waals surface area (Å²) in [6.45, 7) is 0. The number of fused-ring (bicyclic) bond motifs is 2. The Labute approximate surface area is 174 Å². The summed E-state index contributed by atoms with van der Waals surface area (Å²) in [6, 6.07) is 7.41. The zero-order valence-corrected chi connectivity index (χ0v) is 16.4. The molecule has 2 aromatic heterocycles. The maximum Gasteiger partial charge on any atom is 0.416 e. The number of anilines is 1. The SMILES string of the molecule is O=C1C2Sc3[nH]c(=O)sc3C(c3ccco3)C2C(=O)N1c1cccc(C(F)(F)F)c1. The molecule has 3 atom stereocenters. The van der Waals surface area contributed by atoms with Gasteiger partial charge in [-0.1, -0.05) is 29.2 Å². The Morgan fingerprint density at radius 1 is 1.07 bits per heavy atom. The molecule has 0 radical (unpaired) electrons. The smallest absolute Gasteiger partial charge is 0.416 e. The number of H-pyrrole nitrogens is 1. The van der Waals surface area contributed by atoms with Crippen LogP contribution in [-0.4, -0.2) is 22.0 Å². The molecule has 5 rings (SSSR count). The fourth-order valence-corrected chi connectivity index (χ4v) is 6.36. The van der Waals surface area contributed by atoms with Crippen molar-refractivity contribution in [2.45, 2.75) is 22.4 Å². The third-order valence-electron chi connectivity index (χ3n) is 5.11. The van der Waals surface area contributed by atoms with Crippen molar-refractivity contribution in [1.29, 1.82) is 0 Å². The predicted molar refractivity (Wildman–Crippen MR) is 103 cm³/mol. The Balaban J connectivity index is 1.62. The lowest BCUT2D eigenvalue weighted by molar-refractivity contribution is -0.137. The Hall–Kier alpha value is -2.79. The number of thioether (sulfide) groups is 1. The van der Waals surface area contributed by atoms with Gasteiger partial charge in [0.05, 0.1) is 39.3 Å². The van der Waals surface area contributed by atoms with Gasteiger partial charge in [0.1, 0.15) is 11.0 Å². The number of thiazole rings is 1. The number of imide groups is 1. The highest BCUT2D eigenvalue weighted by atomic mass is 32.2. The van der Waals surface area contributed by atoms with Crippen molar-refractivity contribution in [1.82, 2.24) is 4.98 Å². The molecule has 0 saturated carbocycles. The molecule has 4 heterocycles. The number of furan rings is 1. The normalized spacial score (nSPS) is 23.6. The maximum atomic E-state index is 13.3. The van der Waals surface area contributed by atoms with Crippen molar-refractivity contribution in [3.05, 3.63) is 68.5 Å². The van der Waals surface area contributed by atoms with Gasteiger partial charge in [0.25, 0.3) is 0 Å². The number of nitrogens with zero attached hydrogens (tertiary/aromatic N) is 1. The standard InChI is InChI=1S/C19H11F3N2O4S2/c20-19(21,22)8-3-1-4-9(7-8)24-16(25)12-11(10-5-2-6-28-10)13-15(23-18(27)30-13)29-14(12)17(24)26/h1-7,11-12,14H,(H,23,27). The molecule has 0 bridgehead atoms. The molecule has 2 aliphatic heterocycles. The second-order valence-electron chi connectivity index (χ2n) is 6.83. The van der Waals surface area contributed by atoms with Gasteiger partial charge in [-0.2, -0.15) is 13.2 Å². The molecule has 0 spiro atoms. The first-order chi connectivity index (χ1) is 14.3. The number of aromatic amines is 1. The third kappa shape index (κ3) is 2.83. The quantitative estimate of drug-likeness (QED) is 0.598. The number of aromatic nitrogens is 1. The van der Waals surface area contributed by atoms with Gasteiger partial charge in [0, 0.05) is 0 Å². The van der Waals surface area contributed by atoms with Gasteiger partial charge in [-0.15, -0.1) is 0 Å². The third-order valence-corrected chi connectivity index (χ3v) is 7.51. The largest absolute Gasteiger partial charge is 0.469 e. The maximum absolute atomic E-state index is 13.3. The molecule has 1 saturated heterocycles. The van der Waals surface area contributed by atoms with E-state index in [4.69, 9.17) is 4.42 Å². The Kier molecular flexibility index (Phi) is 4.23. The van der Waals surface area contributed by atoms with E-state index in [1.165, 1.54) is 12.3 Å². The zero-order valence-electron chi connectivity index (χ0n) is 14.8. The number of amides is 2. The number of rotatable bonds is 2. The Morgan fingerprint density at radius 2 is 1.87 bits per heavy atom. The zero-order chi connectivity index (χ0) is 21.2. The molecular weight excluding hydrogens is 441 g/mol. The summed E-state index contributed by atoms with van der Waals surface area (Å²) < 4.78 is 44.9. The van der Waals surface area contributed by atoms with Crippen LogP contribution in [0.15, 0.2) is 56.9 Å². The number of hydrogen-bond donors (Lipinski definition) is 1. The van der Waals surface area contributed by atoms with Crippen LogP contribution in [0.3, 0.4) is 0 Å². The Bertz CT molecular complexity index is 1220. The van der Waals surface area contributed by atoms with Gasteiger partial charge in [-0.3, -0.25) is 14.4 Å². The van der Waals surface area contributed by atoms with Crippen molar-refractivity contribution >= 4 is 40.6 Å². The fourth-order valence-electron chi connectivity index (χ4n) is 3.87. The number of halogens is 3. The molecule has 6 nitrogen and oxygen atoms in total. The van der Waals surface area contributed by atoms with Crippen molar-refractivity contribution in [2.24, 2.45) is 5.92 Å². The lowest BCUT2D eigenvalue weighted by Gasteiger charge is -2.27. The average Bonchev–Trinajstić information content (AvgIpc) is 3.39. The van der Waals surface area contributed by atoms with Gasteiger partial charge >= 0.3 is 11.0 Å². The highest BCUT2D eigenvalue weighted by molar-refractivity contribution is 8.00. The summed E-state index contributed by atoms with van der Waals surface area (Å²) in [5.41, 5.74) is -1.08. The van der Waals surface area contributed by atoms with Crippen LogP contribution < -0.4 is 9.77 Å². The van der Waals surface area contributed by atoms with E-state index in [1.807, 2.05) is 0 Å². The van der Waals surface area contributed by atoms with Crippen molar-refractivity contribution < 1.29 is 27.2 Å². The van der Waals surface area contributed by atoms with Gasteiger partial charge < -0.3 is 9.40 Å². The minimum absolute atomic E-state index is 0.134. The molecule has 2 amide bonds. The van der Waals surface area contributed by atoms with Crippen LogP contribution >= 0.6 is 23.1 Å². The minimum Gasteiger partial charge on any atom is -0.469 e. The summed E-state index contributed by atoms with van der Waals surface area (Å²) in [4.78, 5) is 42.1. The number of hydrogen-bond acceptors (Lipinski definition) is 6. The van der Waals surface area contributed by atoms with E-state index in [1.54, 1.807) is 12.1 Å². The summed E-state index contributed by atoms with van der Waals surface area (Å²) in [6.07, 6.45) is -3.18. The van der Waals surface area contributed by atoms with Gasteiger partial charge in [-0.05, 0) is 30.3 Å². The fraction of sp³-hybridized carbons (Fsp3) is 0.211. The molecule has 0 aliphatic carbocycles. The molecule has 154 valence electrons. The average molecular weight is 452 g/mol. The highest BCUT2D eigenvalue weighted by Crippen LogP contribution is 2.53. The van der Waals surface area contributed by atoms with Crippen LogP contribution in [0.25, 0.3) is 0 Å². The van der Waals surface area contributed by atoms with Crippen LogP contribution in [-0.2, 0) is 15.8 Å². The first kappa shape index (κ1) is 19.2. The lowest BCUT2D eigenvalue weighted by atomic mass is 9.87. The van der Waals surface area contributed by atoms with Crippen LogP contribution in [0.2, 0.25) is 0 Å². The van der Waals surface area contributed by atoms with E-state index in [0.717, 1.165) is 46.2 Å². The lowest BCUT2D eigenvalue weighted by Crippen LogP contribution is -2.32. The number of carbonyl (C=O) groups is 2. The molecule has 3 unspecified atom stereocenters. The first-order valence-corrected chi connectivity index (χ1v) is 10.4. The van der Waals surface area contributed by atoms with Gasteiger partial charge in [0.15, 0.2) is 0 Å². The van der Waals surface area contributed by atoms with E-state index < -0.39 is 40.6 Å². The minimum atomic E-state index is -4.61. The summed E-state index contributed by atoms with van der Waals surface area (Å²) in [5.74, 6) is -2.42. The molecule has 30 heavy (non-hydrogen) atoms. The highest BCUT2D eigenvalue weighted by Gasteiger charge is 2.57. The summed E-state index contributed by atoms with van der Waals surface area (Å²) >= 11 is 1.98. The molecule has 11 heteroatoms. The van der Waals surface area contributed by atoms with Gasteiger partial charge in [-0.25, -0.2) is 4.90 Å². The van der Waals surface area contributed by atoms with Crippen LogP contribution in [0.1, 0.15) is 22.1 Å². The molecule has 1 fully saturated rings. The number of benzene rings is 1. The topological polar surface area (TPSA) is 83.4 Å². The van der Waals surface area contributed by atoms with Crippen LogP contribution in [0, 0.1) is 5.92 Å². The van der Waals surface area contributed by atoms with Gasteiger partial charge in [0.2, 0.25) is 11.8 Å². The van der Waals surface area contributed by atoms with Crippen LogP contribution in [0.5, 0.6) is 0 Å². The molecule has 2 aliphatic rings. The van der Waals surface area contributed by atoms with Crippen LogP contribution in [0.4, 0.5) is 18.9 Å². The number of carbonyl (C=O) groups excluding carboxylic acids is 2. The molecular formula is C19H11F3N2O4S2. The predicted octanol–water partition coefficient (Wildman–Crippen LogP) is 3.84. The van der Waals surface area contributed by atoms with Crippen molar-refractivity contribution in [3.8, 4) is 0 Å². The monoisotopic (exact) mass is 452 g/mol. The van der Waals surface area contributed by atoms with E-state index in [2.05, 4.69) is 4.98 Å². The first-order valence-electron chi connectivity index (χ1n) is 8.74. The number of alkyl halides is 3. The van der Waals surface area contributed by atoms with E-state index in [-0.39, 0.29) is 10.6 Å². The van der Waals surface area contributed by atoms with E-state index >= 15 is 0 Å². The van der Waals surface area contributed by atoms with E-state index in [9.17, 15) is 27.6 Å². The molecule has 1 aromatic carbocycles. The van der Waals surface area contributed by atoms with Crippen molar-refractivity contribution in [3.63, 3.8) is 0 Å². The second kappa shape index (κ2) is 6.61. The summed E-state index contributed by atoms with van der Waals surface area (Å²) in [7, 11) is 0. The molecule has 3 aromatic rings. The summed E-state index contributed by atoms with van der Waals surface area (Å²) in [5, 5.41) is -0.417. The Morgan fingerprint density at radius 3 is 2.57 bits per heavy atom. The van der Waals surface area contributed by atoms with E-state index in [0.29, 0.717) is 15.7 Å². The number of nitrogens with one attached hydrogen (secondary N) is 1.